The fourth-order valence-electron chi connectivity index (χ4n) is 1.64. The van der Waals surface area contributed by atoms with E-state index in [1.54, 1.807) is 6.33 Å². The minimum atomic E-state index is 0.440. The summed E-state index contributed by atoms with van der Waals surface area (Å²) < 4.78 is 2.04. The van der Waals surface area contributed by atoms with Crippen LogP contribution in [0.25, 0.3) is 0 Å². The van der Waals surface area contributed by atoms with Gasteiger partial charge in [-0.25, -0.2) is 0 Å². The Labute approximate surface area is 99.0 Å². The third-order valence-corrected chi connectivity index (χ3v) is 3.76. The summed E-state index contributed by atoms with van der Waals surface area (Å²) in [5.41, 5.74) is 0. The first-order valence-electron chi connectivity index (χ1n) is 5.13. The van der Waals surface area contributed by atoms with E-state index in [2.05, 4.69) is 15.1 Å². The first-order valence-corrected chi connectivity index (χ1v) is 6.82. The van der Waals surface area contributed by atoms with Crippen LogP contribution in [0, 0.1) is 0 Å². The molecule has 4 nitrogen and oxygen atoms in total. The minimum Gasteiger partial charge on any atom is -0.315 e. The second-order valence-corrected chi connectivity index (χ2v) is 5.02. The number of rotatable bonds is 4. The van der Waals surface area contributed by atoms with Gasteiger partial charge in [-0.05, 0) is 0 Å². The standard InChI is InChI=1S/C9H15ClN4S/c10-7-9-12-11-8-14(9)2-1-13-3-5-15-6-4-13/h8H,1-7H2. The second-order valence-electron chi connectivity index (χ2n) is 3.53. The Hall–Kier alpha value is -0.260. The van der Waals surface area contributed by atoms with Crippen LogP contribution in [0.15, 0.2) is 6.33 Å². The molecule has 0 saturated carbocycles. The van der Waals surface area contributed by atoms with Crippen molar-refractivity contribution in [3.63, 3.8) is 0 Å². The van der Waals surface area contributed by atoms with Gasteiger partial charge in [0.15, 0.2) is 0 Å². The molecular weight excluding hydrogens is 232 g/mol. The van der Waals surface area contributed by atoms with Crippen LogP contribution in [0.4, 0.5) is 0 Å². The van der Waals surface area contributed by atoms with Gasteiger partial charge in [-0.2, -0.15) is 11.8 Å². The largest absolute Gasteiger partial charge is 0.315 e. The highest BCUT2D eigenvalue weighted by molar-refractivity contribution is 7.99. The Kier molecular flexibility index (Phi) is 4.29. The molecule has 0 aliphatic carbocycles. The quantitative estimate of drug-likeness (QED) is 0.745. The number of hydrogen-bond donors (Lipinski definition) is 0. The van der Waals surface area contributed by atoms with Crippen molar-refractivity contribution in [3.8, 4) is 0 Å². The van der Waals surface area contributed by atoms with Crippen molar-refractivity contribution in [2.45, 2.75) is 12.4 Å². The van der Waals surface area contributed by atoms with Crippen LogP contribution in [-0.4, -0.2) is 50.8 Å². The molecule has 0 spiro atoms. The molecule has 0 atom stereocenters. The zero-order chi connectivity index (χ0) is 10.5. The van der Waals surface area contributed by atoms with Crippen LogP contribution in [0.3, 0.4) is 0 Å². The van der Waals surface area contributed by atoms with Crippen LogP contribution >= 0.6 is 23.4 Å². The van der Waals surface area contributed by atoms with Gasteiger partial charge >= 0.3 is 0 Å². The molecule has 0 aromatic carbocycles. The summed E-state index contributed by atoms with van der Waals surface area (Å²) in [5, 5.41) is 7.82. The van der Waals surface area contributed by atoms with E-state index in [-0.39, 0.29) is 0 Å². The van der Waals surface area contributed by atoms with Crippen molar-refractivity contribution in [2.75, 3.05) is 31.1 Å². The molecule has 1 aliphatic heterocycles. The van der Waals surface area contributed by atoms with Crippen LogP contribution in [0.2, 0.25) is 0 Å². The number of hydrogen-bond acceptors (Lipinski definition) is 4. The highest BCUT2D eigenvalue weighted by atomic mass is 35.5. The van der Waals surface area contributed by atoms with Crippen molar-refractivity contribution >= 4 is 23.4 Å². The van der Waals surface area contributed by atoms with Gasteiger partial charge in [0.2, 0.25) is 0 Å². The van der Waals surface area contributed by atoms with Gasteiger partial charge in [-0.1, -0.05) is 0 Å². The molecule has 1 saturated heterocycles. The Morgan fingerprint density at radius 2 is 2.13 bits per heavy atom. The zero-order valence-electron chi connectivity index (χ0n) is 8.60. The number of aromatic nitrogens is 3. The summed E-state index contributed by atoms with van der Waals surface area (Å²) in [4.78, 5) is 2.48. The molecule has 2 rings (SSSR count). The van der Waals surface area contributed by atoms with E-state index in [0.29, 0.717) is 5.88 Å². The molecule has 1 fully saturated rings. The number of halogens is 1. The van der Waals surface area contributed by atoms with Crippen LogP contribution < -0.4 is 0 Å². The molecule has 15 heavy (non-hydrogen) atoms. The van der Waals surface area contributed by atoms with Crippen molar-refractivity contribution in [3.05, 3.63) is 12.2 Å². The molecule has 0 unspecified atom stereocenters. The molecule has 1 aromatic heterocycles. The van der Waals surface area contributed by atoms with Gasteiger partial charge < -0.3 is 4.57 Å². The molecule has 2 heterocycles. The lowest BCUT2D eigenvalue weighted by molar-refractivity contribution is 0.288. The van der Waals surface area contributed by atoms with E-state index in [0.717, 1.165) is 18.9 Å². The molecule has 6 heteroatoms. The van der Waals surface area contributed by atoms with Gasteiger partial charge in [-0.15, -0.1) is 21.8 Å². The average Bonchev–Trinajstić information content (AvgIpc) is 2.75. The van der Waals surface area contributed by atoms with Gasteiger partial charge in [0.25, 0.3) is 0 Å². The fraction of sp³-hybridized carbons (Fsp3) is 0.778. The Morgan fingerprint density at radius 1 is 1.33 bits per heavy atom. The van der Waals surface area contributed by atoms with E-state index < -0.39 is 0 Å². The maximum absolute atomic E-state index is 5.75. The average molecular weight is 247 g/mol. The number of alkyl halides is 1. The normalized spacial score (nSPS) is 18.2. The first-order chi connectivity index (χ1) is 7.40. The van der Waals surface area contributed by atoms with E-state index in [4.69, 9.17) is 11.6 Å². The summed E-state index contributed by atoms with van der Waals surface area (Å²) in [7, 11) is 0. The highest BCUT2D eigenvalue weighted by Gasteiger charge is 2.10. The van der Waals surface area contributed by atoms with Crippen LogP contribution in [-0.2, 0) is 12.4 Å². The van der Waals surface area contributed by atoms with E-state index >= 15 is 0 Å². The molecule has 0 amide bonds. The SMILES string of the molecule is ClCc1nncn1CCN1CCSCC1. The minimum absolute atomic E-state index is 0.440. The molecular formula is C9H15ClN4S. The van der Waals surface area contributed by atoms with Gasteiger partial charge in [0.05, 0.1) is 5.88 Å². The van der Waals surface area contributed by atoms with Crippen molar-refractivity contribution in [1.29, 1.82) is 0 Å². The Balaban J connectivity index is 1.81. The highest BCUT2D eigenvalue weighted by Crippen LogP contribution is 2.09. The maximum Gasteiger partial charge on any atom is 0.147 e. The lowest BCUT2D eigenvalue weighted by Gasteiger charge is -2.26. The molecule has 0 N–H and O–H groups in total. The molecule has 84 valence electrons. The Morgan fingerprint density at radius 3 is 2.87 bits per heavy atom. The molecule has 0 bridgehead atoms. The van der Waals surface area contributed by atoms with E-state index in [9.17, 15) is 0 Å². The summed E-state index contributed by atoms with van der Waals surface area (Å²) in [6.07, 6.45) is 1.76. The lowest BCUT2D eigenvalue weighted by Crippen LogP contribution is -2.35. The summed E-state index contributed by atoms with van der Waals surface area (Å²) >= 11 is 7.79. The Bertz CT molecular complexity index is 298. The lowest BCUT2D eigenvalue weighted by atomic mass is 10.4. The summed E-state index contributed by atoms with van der Waals surface area (Å²) in [5.74, 6) is 3.81. The third kappa shape index (κ3) is 3.09. The van der Waals surface area contributed by atoms with Gasteiger partial charge in [-0.3, -0.25) is 4.90 Å². The first kappa shape index (κ1) is 11.2. The molecule has 1 aromatic rings. The fourth-order valence-corrected chi connectivity index (χ4v) is 2.83. The maximum atomic E-state index is 5.75. The second kappa shape index (κ2) is 5.72. The molecule has 0 radical (unpaired) electrons. The van der Waals surface area contributed by atoms with Crippen molar-refractivity contribution in [1.82, 2.24) is 19.7 Å². The van der Waals surface area contributed by atoms with E-state index in [1.165, 1.54) is 24.6 Å². The topological polar surface area (TPSA) is 34.0 Å². The predicted octanol–water partition coefficient (Wildman–Crippen LogP) is 1.07. The molecule has 1 aliphatic rings. The van der Waals surface area contributed by atoms with Crippen LogP contribution in [0.1, 0.15) is 5.82 Å². The number of thioether (sulfide) groups is 1. The monoisotopic (exact) mass is 246 g/mol. The number of nitrogens with zero attached hydrogens (tertiary/aromatic N) is 4. The van der Waals surface area contributed by atoms with Gasteiger partial charge in [0.1, 0.15) is 12.2 Å². The van der Waals surface area contributed by atoms with Crippen LogP contribution in [0.5, 0.6) is 0 Å². The van der Waals surface area contributed by atoms with Crippen molar-refractivity contribution < 1.29 is 0 Å². The van der Waals surface area contributed by atoms with E-state index in [1.807, 2.05) is 16.3 Å². The smallest absolute Gasteiger partial charge is 0.147 e. The van der Waals surface area contributed by atoms with Gasteiger partial charge in [0, 0.05) is 37.7 Å². The van der Waals surface area contributed by atoms with Crippen molar-refractivity contribution in [2.24, 2.45) is 0 Å². The zero-order valence-corrected chi connectivity index (χ0v) is 10.2. The predicted molar refractivity (Wildman–Crippen MR) is 63.3 cm³/mol. The third-order valence-electron chi connectivity index (χ3n) is 2.58. The summed E-state index contributed by atoms with van der Waals surface area (Å²) in [6, 6.07) is 0. The summed E-state index contributed by atoms with van der Waals surface area (Å²) in [6.45, 7) is 4.41.